The van der Waals surface area contributed by atoms with E-state index in [-0.39, 0.29) is 0 Å². The number of pyridine rings is 2. The van der Waals surface area contributed by atoms with Gasteiger partial charge in [-0.2, -0.15) is 0 Å². The van der Waals surface area contributed by atoms with Gasteiger partial charge in [0.15, 0.2) is 14.2 Å². The van der Waals surface area contributed by atoms with Gasteiger partial charge in [0.2, 0.25) is 0 Å². The maximum Gasteiger partial charge on any atom is 0.185 e. The van der Waals surface area contributed by atoms with Crippen LogP contribution in [0, 0.1) is 0 Å². The van der Waals surface area contributed by atoms with Crippen LogP contribution in [-0.2, 0) is 0 Å². The smallest absolute Gasteiger partial charge is 0.185 e. The number of thiophene rings is 1. The Bertz CT molecular complexity index is 2720. The van der Waals surface area contributed by atoms with Gasteiger partial charge in [-0.3, -0.25) is 9.88 Å². The van der Waals surface area contributed by atoms with Crippen LogP contribution in [0.5, 0.6) is 0 Å². The summed E-state index contributed by atoms with van der Waals surface area (Å²) in [5.74, 6) is 0.795. The summed E-state index contributed by atoms with van der Waals surface area (Å²) in [5.41, 5.74) is 4.93. The summed E-state index contributed by atoms with van der Waals surface area (Å²) in [4.78, 5) is 11.7. The van der Waals surface area contributed by atoms with Crippen LogP contribution in [0.2, 0.25) is 0 Å². The van der Waals surface area contributed by atoms with E-state index in [2.05, 4.69) is 125 Å². The fourth-order valence-corrected chi connectivity index (χ4v) is 15.2. The maximum absolute atomic E-state index is 17.1. The Morgan fingerprint density at radius 3 is 1.98 bits per heavy atom. The van der Waals surface area contributed by atoms with Crippen LogP contribution < -0.4 is 25.6 Å². The molecule has 0 spiro atoms. The van der Waals surface area contributed by atoms with E-state index in [9.17, 15) is 0 Å². The molecule has 0 radical (unpaired) electrons. The Morgan fingerprint density at radius 2 is 1.25 bits per heavy atom. The molecule has 9 aromatic rings. The molecule has 6 aromatic carbocycles. The van der Waals surface area contributed by atoms with E-state index in [0.29, 0.717) is 11.1 Å². The van der Waals surface area contributed by atoms with Crippen LogP contribution in [0.4, 0.5) is 21.6 Å². The maximum atomic E-state index is 17.1. The molecular formula is C47H32FN3SSi. The molecule has 1 aliphatic heterocycles. The van der Waals surface area contributed by atoms with Crippen molar-refractivity contribution < 1.29 is 4.39 Å². The molecule has 1 aliphatic rings. The van der Waals surface area contributed by atoms with Crippen molar-refractivity contribution in [3.8, 4) is 11.3 Å². The second-order valence-corrected chi connectivity index (χ2v) is 18.2. The molecular weight excluding hydrogens is 686 g/mol. The third-order valence-corrected chi connectivity index (χ3v) is 16.8. The molecule has 0 aliphatic carbocycles. The molecule has 1 atom stereocenters. The van der Waals surface area contributed by atoms with E-state index in [1.165, 1.54) is 40.9 Å². The van der Waals surface area contributed by atoms with Gasteiger partial charge in [0.1, 0.15) is 5.82 Å². The van der Waals surface area contributed by atoms with E-state index in [1.54, 1.807) is 6.20 Å². The number of anilines is 3. The number of alkyl halides is 1. The fourth-order valence-electron chi connectivity index (χ4n) is 8.26. The van der Waals surface area contributed by atoms with Crippen molar-refractivity contribution in [3.63, 3.8) is 0 Å². The van der Waals surface area contributed by atoms with Crippen molar-refractivity contribution in [1.29, 1.82) is 0 Å². The van der Waals surface area contributed by atoms with Crippen molar-refractivity contribution in [2.75, 3.05) is 4.90 Å². The van der Waals surface area contributed by atoms with Gasteiger partial charge in [-0.25, -0.2) is 9.37 Å². The van der Waals surface area contributed by atoms with Gasteiger partial charge in [0, 0.05) is 49.5 Å². The minimum atomic E-state index is -3.06. The number of halogens is 1. The zero-order valence-electron chi connectivity index (χ0n) is 28.6. The molecule has 1 unspecified atom stereocenters. The molecule has 252 valence electrons. The normalized spacial score (nSPS) is 13.8. The first-order chi connectivity index (χ1) is 26.2. The van der Waals surface area contributed by atoms with E-state index in [1.807, 2.05) is 78.2 Å². The molecule has 0 bridgehead atoms. The van der Waals surface area contributed by atoms with Gasteiger partial charge >= 0.3 is 0 Å². The largest absolute Gasteiger partial charge is 0.295 e. The first-order valence-electron chi connectivity index (χ1n) is 17.8. The Labute approximate surface area is 312 Å². The van der Waals surface area contributed by atoms with E-state index in [4.69, 9.17) is 4.98 Å². The summed E-state index contributed by atoms with van der Waals surface area (Å²) in [6.45, 7) is 0. The highest BCUT2D eigenvalue weighted by molar-refractivity contribution is 7.31. The lowest BCUT2D eigenvalue weighted by Gasteiger charge is -2.45. The van der Waals surface area contributed by atoms with Crippen molar-refractivity contribution in [1.82, 2.24) is 9.97 Å². The van der Waals surface area contributed by atoms with Crippen LogP contribution in [-0.4, -0.2) is 18.0 Å². The Kier molecular flexibility index (Phi) is 7.60. The number of hydrogen-bond acceptors (Lipinski definition) is 4. The number of benzene rings is 6. The summed E-state index contributed by atoms with van der Waals surface area (Å²) >= 11 is 1.87. The number of hydrogen-bond donors (Lipinski definition) is 0. The molecule has 53 heavy (non-hydrogen) atoms. The van der Waals surface area contributed by atoms with Crippen LogP contribution in [0.15, 0.2) is 188 Å². The summed E-state index contributed by atoms with van der Waals surface area (Å²) in [7, 11) is -3.06. The van der Waals surface area contributed by atoms with Crippen molar-refractivity contribution in [2.45, 2.75) is 6.17 Å². The number of rotatable bonds is 6. The minimum absolute atomic E-state index is 0.593. The molecule has 0 saturated heterocycles. The zero-order valence-corrected chi connectivity index (χ0v) is 30.4. The predicted molar refractivity (Wildman–Crippen MR) is 222 cm³/mol. The molecule has 3 nitrogen and oxygen atoms in total. The average Bonchev–Trinajstić information content (AvgIpc) is 3.62. The van der Waals surface area contributed by atoms with Crippen molar-refractivity contribution >= 4 is 77.5 Å². The summed E-state index contributed by atoms with van der Waals surface area (Å²) in [6.07, 6.45) is 2.25. The number of fused-ring (bicyclic) bond motifs is 6. The number of aromatic nitrogens is 2. The van der Waals surface area contributed by atoms with Gasteiger partial charge in [0.05, 0.1) is 5.69 Å². The van der Waals surface area contributed by atoms with E-state index in [0.717, 1.165) is 28.5 Å². The molecule has 4 heterocycles. The molecule has 0 amide bonds. The highest BCUT2D eigenvalue weighted by Gasteiger charge is 2.50. The Morgan fingerprint density at radius 1 is 0.547 bits per heavy atom. The Balaban J connectivity index is 1.29. The first-order valence-corrected chi connectivity index (χ1v) is 20.6. The monoisotopic (exact) mass is 717 g/mol. The van der Waals surface area contributed by atoms with E-state index >= 15 is 4.39 Å². The van der Waals surface area contributed by atoms with Gasteiger partial charge in [-0.1, -0.05) is 127 Å². The quantitative estimate of drug-likeness (QED) is 0.161. The lowest BCUT2D eigenvalue weighted by atomic mass is 9.99. The van der Waals surface area contributed by atoms with Crippen LogP contribution in [0.25, 0.3) is 31.4 Å². The second kappa shape index (κ2) is 12.8. The fraction of sp³-hybridized carbons (Fsp3) is 0.0213. The van der Waals surface area contributed by atoms with Crippen LogP contribution >= 0.6 is 11.3 Å². The highest BCUT2D eigenvalue weighted by Crippen LogP contribution is 2.44. The van der Waals surface area contributed by atoms with Gasteiger partial charge in [0.25, 0.3) is 0 Å². The third kappa shape index (κ3) is 4.98. The lowest BCUT2D eigenvalue weighted by Crippen LogP contribution is -2.77. The molecule has 3 aromatic heterocycles. The van der Waals surface area contributed by atoms with Gasteiger partial charge in [-0.15, -0.1) is 11.3 Å². The first kappa shape index (κ1) is 31.5. The average molecular weight is 718 g/mol. The minimum Gasteiger partial charge on any atom is -0.295 e. The standard InChI is InChI=1S/C47H32FN3SSi/c48-45(33-15-13-14-32(30-33)39-21-9-11-28-49-39)34-24-27-43-41(31-34)51(44-23-10-12-29-50-44)40-26-25-38-37-20-7-8-22-42(37)52-46(38)47(40)53(43,35-16-3-1-4-17-35)36-18-5-2-6-19-36/h1-31,45H. The van der Waals surface area contributed by atoms with Gasteiger partial charge < -0.3 is 0 Å². The summed E-state index contributed by atoms with van der Waals surface area (Å²) in [5, 5.41) is 7.62. The van der Waals surface area contributed by atoms with Crippen LogP contribution in [0.1, 0.15) is 17.3 Å². The predicted octanol–water partition coefficient (Wildman–Crippen LogP) is 9.73. The van der Waals surface area contributed by atoms with Gasteiger partial charge in [-0.05, 0) is 80.4 Å². The molecule has 0 saturated carbocycles. The zero-order chi connectivity index (χ0) is 35.4. The molecule has 0 fully saturated rings. The van der Waals surface area contributed by atoms with Crippen molar-refractivity contribution in [3.05, 3.63) is 199 Å². The lowest BCUT2D eigenvalue weighted by molar-refractivity contribution is 0.402. The highest BCUT2D eigenvalue weighted by atomic mass is 32.1. The summed E-state index contributed by atoms with van der Waals surface area (Å²) in [6, 6.07) is 61.1. The SMILES string of the molecule is FC(c1cccc(-c2ccccn2)c1)c1ccc2c(c1)N(c1ccccn1)c1ccc3c(sc4ccccc43)c1[Si]2(c1ccccc1)c1ccccc1. The topological polar surface area (TPSA) is 29.0 Å². The van der Waals surface area contributed by atoms with E-state index < -0.39 is 14.2 Å². The molecule has 10 rings (SSSR count). The molecule has 6 heteroatoms. The molecule has 0 N–H and O–H groups in total. The summed E-state index contributed by atoms with van der Waals surface area (Å²) < 4.78 is 19.6. The second-order valence-electron chi connectivity index (χ2n) is 13.4. The third-order valence-electron chi connectivity index (χ3n) is 10.5. The number of nitrogens with zero attached hydrogens (tertiary/aromatic N) is 3. The van der Waals surface area contributed by atoms with Crippen molar-refractivity contribution in [2.24, 2.45) is 0 Å². The van der Waals surface area contributed by atoms with Crippen LogP contribution in [0.3, 0.4) is 0 Å². The Hall–Kier alpha value is -6.21.